The van der Waals surface area contributed by atoms with Gasteiger partial charge in [0, 0.05) is 37.4 Å². The second kappa shape index (κ2) is 16.3. The molecule has 0 N–H and O–H groups in total. The Bertz CT molecular complexity index is 580. The molecule has 4 aliphatic carbocycles. The van der Waals surface area contributed by atoms with Gasteiger partial charge >= 0.3 is 0 Å². The second-order valence-corrected chi connectivity index (χ2v) is 13.2. The van der Waals surface area contributed by atoms with Gasteiger partial charge < -0.3 is 9.47 Å². The summed E-state index contributed by atoms with van der Waals surface area (Å²) in [5.74, 6) is -0.595. The van der Waals surface area contributed by atoms with Crippen molar-refractivity contribution in [2.45, 2.75) is 205 Å². The maximum Gasteiger partial charge on any atom is 0.246 e. The smallest absolute Gasteiger partial charge is 0.246 e. The zero-order chi connectivity index (χ0) is 26.6. The van der Waals surface area contributed by atoms with Crippen LogP contribution in [0, 0.1) is 0 Å². The maximum absolute atomic E-state index is 7.18. The van der Waals surface area contributed by atoms with Crippen LogP contribution in [0.2, 0.25) is 0 Å². The van der Waals surface area contributed by atoms with E-state index in [1.54, 1.807) is 0 Å². The van der Waals surface area contributed by atoms with E-state index in [9.17, 15) is 0 Å². The first kappa shape index (κ1) is 30.8. The molecule has 38 heavy (non-hydrogen) atoms. The van der Waals surface area contributed by atoms with Crippen LogP contribution in [0.15, 0.2) is 0 Å². The third-order valence-electron chi connectivity index (χ3n) is 10.6. The highest BCUT2D eigenvalue weighted by molar-refractivity contribution is 5.01. The standard InChI is InChI=1S/C34H64N2O2/c1-4-7-8-9-10-11-28-33(35(29-20-12-13-21-29)30-22-14-15-23-30)34(37-5-2,38-6-3)36(31-24-16-17-25-31)32-26-18-19-27-32/h29-33H,4-28H2,1-3H3. The van der Waals surface area contributed by atoms with Crippen molar-refractivity contribution in [1.82, 2.24) is 9.80 Å². The normalized spacial score (nSPS) is 23.6. The zero-order valence-electron chi connectivity index (χ0n) is 25.8. The number of nitrogens with zero attached hydrogens (tertiary/aromatic N) is 2. The molecule has 4 saturated carbocycles. The van der Waals surface area contributed by atoms with Gasteiger partial charge in [0.25, 0.3) is 0 Å². The molecular formula is C34H64N2O2. The molecule has 4 heteroatoms. The van der Waals surface area contributed by atoms with E-state index in [4.69, 9.17) is 9.47 Å². The fraction of sp³-hybridized carbons (Fsp3) is 1.00. The topological polar surface area (TPSA) is 24.9 Å². The number of ether oxygens (including phenoxy) is 2. The molecular weight excluding hydrogens is 468 g/mol. The Morgan fingerprint density at radius 2 is 0.947 bits per heavy atom. The molecule has 0 saturated heterocycles. The van der Waals surface area contributed by atoms with Crippen molar-refractivity contribution in [1.29, 1.82) is 0 Å². The van der Waals surface area contributed by atoms with Crippen LogP contribution in [-0.2, 0) is 9.47 Å². The number of hydrogen-bond acceptors (Lipinski definition) is 4. The minimum absolute atomic E-state index is 0.348. The molecule has 0 aromatic rings. The van der Waals surface area contributed by atoms with Gasteiger partial charge in [-0.15, -0.1) is 0 Å². The molecule has 0 spiro atoms. The average molecular weight is 533 g/mol. The van der Waals surface area contributed by atoms with E-state index in [-0.39, 0.29) is 0 Å². The van der Waals surface area contributed by atoms with E-state index in [1.165, 1.54) is 148 Å². The molecule has 0 radical (unpaired) electrons. The number of rotatable bonds is 18. The number of unbranched alkanes of at least 4 members (excludes halogenated alkanes) is 5. The van der Waals surface area contributed by atoms with Crippen molar-refractivity contribution in [2.24, 2.45) is 0 Å². The lowest BCUT2D eigenvalue weighted by Crippen LogP contribution is -2.71. The molecule has 222 valence electrons. The molecule has 4 fully saturated rings. The zero-order valence-corrected chi connectivity index (χ0v) is 25.8. The molecule has 4 aliphatic rings. The van der Waals surface area contributed by atoms with Crippen LogP contribution in [0.1, 0.15) is 168 Å². The van der Waals surface area contributed by atoms with Gasteiger partial charge in [0.1, 0.15) is 0 Å². The predicted molar refractivity (Wildman–Crippen MR) is 160 cm³/mol. The highest BCUT2D eigenvalue weighted by atomic mass is 16.7. The summed E-state index contributed by atoms with van der Waals surface area (Å²) in [5, 5.41) is 0. The van der Waals surface area contributed by atoms with Crippen molar-refractivity contribution >= 4 is 0 Å². The molecule has 0 aromatic heterocycles. The second-order valence-electron chi connectivity index (χ2n) is 13.2. The molecule has 4 rings (SSSR count). The fourth-order valence-electron chi connectivity index (χ4n) is 8.99. The van der Waals surface area contributed by atoms with Crippen molar-refractivity contribution in [3.8, 4) is 0 Å². The summed E-state index contributed by atoms with van der Waals surface area (Å²) >= 11 is 0. The van der Waals surface area contributed by atoms with Gasteiger partial charge in [0.05, 0.1) is 6.04 Å². The summed E-state index contributed by atoms with van der Waals surface area (Å²) in [4.78, 5) is 5.99. The Morgan fingerprint density at radius 3 is 1.37 bits per heavy atom. The first-order chi connectivity index (χ1) is 18.7. The quantitative estimate of drug-likeness (QED) is 0.130. The van der Waals surface area contributed by atoms with E-state index in [0.717, 1.165) is 25.3 Å². The summed E-state index contributed by atoms with van der Waals surface area (Å²) in [6.07, 6.45) is 31.4. The predicted octanol–water partition coefficient (Wildman–Crippen LogP) is 9.21. The van der Waals surface area contributed by atoms with Crippen LogP contribution in [-0.4, -0.2) is 59.1 Å². The summed E-state index contributed by atoms with van der Waals surface area (Å²) < 4.78 is 14.4. The summed E-state index contributed by atoms with van der Waals surface area (Å²) in [6, 6.07) is 3.03. The van der Waals surface area contributed by atoms with E-state index in [2.05, 4.69) is 30.6 Å². The lowest BCUT2D eigenvalue weighted by Gasteiger charge is -2.56. The van der Waals surface area contributed by atoms with Gasteiger partial charge in [-0.3, -0.25) is 4.90 Å². The highest BCUT2D eigenvalue weighted by Gasteiger charge is 2.56. The van der Waals surface area contributed by atoms with E-state index < -0.39 is 5.91 Å². The minimum Gasteiger partial charge on any atom is -0.336 e. The fourth-order valence-corrected chi connectivity index (χ4v) is 8.99. The maximum atomic E-state index is 7.18. The Hall–Kier alpha value is -0.160. The van der Waals surface area contributed by atoms with Crippen molar-refractivity contribution in [3.63, 3.8) is 0 Å². The Labute approximate surface area is 237 Å². The Morgan fingerprint density at radius 1 is 0.553 bits per heavy atom. The number of hydrogen-bond donors (Lipinski definition) is 0. The van der Waals surface area contributed by atoms with Crippen LogP contribution >= 0.6 is 0 Å². The van der Waals surface area contributed by atoms with Crippen molar-refractivity contribution in [3.05, 3.63) is 0 Å². The highest BCUT2D eigenvalue weighted by Crippen LogP contribution is 2.45. The molecule has 0 aromatic carbocycles. The van der Waals surface area contributed by atoms with Crippen LogP contribution < -0.4 is 0 Å². The van der Waals surface area contributed by atoms with Crippen LogP contribution in [0.4, 0.5) is 0 Å². The van der Waals surface area contributed by atoms with Gasteiger partial charge in [0.2, 0.25) is 5.91 Å². The molecule has 0 aliphatic heterocycles. The SMILES string of the molecule is CCCCCCCCC(N(C1CCCC1)C1CCCC1)C(OCC)(OCC)N(C1CCCC1)C1CCCC1. The molecule has 0 amide bonds. The molecule has 4 nitrogen and oxygen atoms in total. The lowest BCUT2D eigenvalue weighted by molar-refractivity contribution is -0.363. The van der Waals surface area contributed by atoms with Crippen LogP contribution in [0.3, 0.4) is 0 Å². The molecule has 1 unspecified atom stereocenters. The minimum atomic E-state index is -0.595. The van der Waals surface area contributed by atoms with Crippen LogP contribution in [0.25, 0.3) is 0 Å². The molecule has 0 heterocycles. The third-order valence-corrected chi connectivity index (χ3v) is 10.6. The molecule has 1 atom stereocenters. The Balaban J connectivity index is 1.72. The van der Waals surface area contributed by atoms with Gasteiger partial charge in [-0.1, -0.05) is 96.8 Å². The Kier molecular flexibility index (Phi) is 13.2. The average Bonchev–Trinajstić information content (AvgIpc) is 3.75. The molecule has 0 bridgehead atoms. The van der Waals surface area contributed by atoms with Crippen molar-refractivity contribution < 1.29 is 9.47 Å². The van der Waals surface area contributed by atoms with Gasteiger partial charge in [-0.25, -0.2) is 4.90 Å². The van der Waals surface area contributed by atoms with Gasteiger partial charge in [-0.05, 0) is 71.6 Å². The van der Waals surface area contributed by atoms with Crippen LogP contribution in [0.5, 0.6) is 0 Å². The van der Waals surface area contributed by atoms with Crippen molar-refractivity contribution in [2.75, 3.05) is 13.2 Å². The van der Waals surface area contributed by atoms with E-state index in [1.807, 2.05) is 0 Å². The first-order valence-electron chi connectivity index (χ1n) is 17.6. The third kappa shape index (κ3) is 7.56. The van der Waals surface area contributed by atoms with E-state index >= 15 is 0 Å². The summed E-state index contributed by atoms with van der Waals surface area (Å²) in [6.45, 7) is 8.27. The monoisotopic (exact) mass is 532 g/mol. The largest absolute Gasteiger partial charge is 0.336 e. The van der Waals surface area contributed by atoms with Gasteiger partial charge in [0.15, 0.2) is 0 Å². The van der Waals surface area contributed by atoms with Gasteiger partial charge in [-0.2, -0.15) is 0 Å². The summed E-state index contributed by atoms with van der Waals surface area (Å²) in [5.41, 5.74) is 0. The summed E-state index contributed by atoms with van der Waals surface area (Å²) in [7, 11) is 0. The first-order valence-corrected chi connectivity index (χ1v) is 17.6. The van der Waals surface area contributed by atoms with E-state index in [0.29, 0.717) is 18.1 Å². The lowest BCUT2D eigenvalue weighted by atomic mass is 9.93.